The Bertz CT molecular complexity index is 392. The molecule has 0 aromatic carbocycles. The van der Waals surface area contributed by atoms with Gasteiger partial charge in [-0.2, -0.15) is 13.2 Å². The molecule has 18 heavy (non-hydrogen) atoms. The lowest BCUT2D eigenvalue weighted by Gasteiger charge is -2.19. The van der Waals surface area contributed by atoms with E-state index in [0.717, 1.165) is 5.56 Å². The molecule has 1 unspecified atom stereocenters. The van der Waals surface area contributed by atoms with Gasteiger partial charge in [0.2, 0.25) is 0 Å². The molecule has 0 bridgehead atoms. The fraction of sp³-hybridized carbons (Fsp3) is 0.636. The largest absolute Gasteiger partial charge is 0.391 e. The van der Waals surface area contributed by atoms with Crippen LogP contribution < -0.4 is 10.6 Å². The molecule has 0 aliphatic heterocycles. The average Bonchev–Trinajstić information content (AvgIpc) is 2.25. The Kier molecular flexibility index (Phi) is 4.75. The highest BCUT2D eigenvalue weighted by Crippen LogP contribution is 2.25. The Balaban J connectivity index is 2.84. The predicted octanol–water partition coefficient (Wildman–Crippen LogP) is 2.83. The molecule has 0 fully saturated rings. The smallest absolute Gasteiger partial charge is 0.373 e. The standard InChI is InChI=1S/C11H17F3N4/c1-4-8-9(15-3)16-6-17-10(8)18-7(2)5-11(12,13)14/h6-7H,4-5H2,1-3H3,(H2,15,16,17,18). The zero-order valence-corrected chi connectivity index (χ0v) is 10.6. The second kappa shape index (κ2) is 5.88. The second-order valence-electron chi connectivity index (χ2n) is 4.02. The fourth-order valence-electron chi connectivity index (χ4n) is 1.72. The lowest BCUT2D eigenvalue weighted by Crippen LogP contribution is -2.25. The summed E-state index contributed by atoms with van der Waals surface area (Å²) in [5, 5.41) is 5.68. The molecule has 1 rings (SSSR count). The number of aromatic nitrogens is 2. The molecule has 1 aromatic heterocycles. The van der Waals surface area contributed by atoms with Crippen molar-refractivity contribution in [3.63, 3.8) is 0 Å². The predicted molar refractivity (Wildman–Crippen MR) is 64.7 cm³/mol. The van der Waals surface area contributed by atoms with Crippen molar-refractivity contribution >= 4 is 11.6 Å². The van der Waals surface area contributed by atoms with Crippen molar-refractivity contribution in [3.8, 4) is 0 Å². The third kappa shape index (κ3) is 4.05. The summed E-state index contributed by atoms with van der Waals surface area (Å²) in [7, 11) is 1.71. The first kappa shape index (κ1) is 14.5. The van der Waals surface area contributed by atoms with Crippen LogP contribution in [0.2, 0.25) is 0 Å². The van der Waals surface area contributed by atoms with Gasteiger partial charge in [0.15, 0.2) is 0 Å². The summed E-state index contributed by atoms with van der Waals surface area (Å²) in [4.78, 5) is 8.02. The summed E-state index contributed by atoms with van der Waals surface area (Å²) in [6, 6.07) is -0.727. The van der Waals surface area contributed by atoms with Crippen LogP contribution in [0, 0.1) is 0 Å². The van der Waals surface area contributed by atoms with Crippen LogP contribution in [0.5, 0.6) is 0 Å². The quantitative estimate of drug-likeness (QED) is 0.856. The number of rotatable bonds is 5. The molecule has 7 heteroatoms. The highest BCUT2D eigenvalue weighted by molar-refractivity contribution is 5.57. The molecule has 0 aliphatic rings. The number of alkyl halides is 3. The highest BCUT2D eigenvalue weighted by Gasteiger charge is 2.30. The summed E-state index contributed by atoms with van der Waals surface area (Å²) < 4.78 is 36.8. The van der Waals surface area contributed by atoms with Gasteiger partial charge in [0.25, 0.3) is 0 Å². The van der Waals surface area contributed by atoms with E-state index in [1.807, 2.05) is 6.92 Å². The summed E-state index contributed by atoms with van der Waals surface area (Å²) >= 11 is 0. The molecule has 1 atom stereocenters. The van der Waals surface area contributed by atoms with Crippen LogP contribution in [-0.4, -0.2) is 29.2 Å². The van der Waals surface area contributed by atoms with Gasteiger partial charge in [-0.05, 0) is 13.3 Å². The first-order valence-corrected chi connectivity index (χ1v) is 5.72. The van der Waals surface area contributed by atoms with Crippen molar-refractivity contribution in [1.29, 1.82) is 0 Å². The maximum absolute atomic E-state index is 12.3. The van der Waals surface area contributed by atoms with Crippen molar-refractivity contribution in [1.82, 2.24) is 9.97 Å². The van der Waals surface area contributed by atoms with Gasteiger partial charge in [-0.25, -0.2) is 9.97 Å². The van der Waals surface area contributed by atoms with Crippen molar-refractivity contribution in [2.75, 3.05) is 17.7 Å². The minimum atomic E-state index is -4.18. The Labute approximate surface area is 104 Å². The first-order chi connectivity index (χ1) is 8.37. The van der Waals surface area contributed by atoms with Crippen LogP contribution >= 0.6 is 0 Å². The Morgan fingerprint density at radius 2 is 1.89 bits per heavy atom. The SMILES string of the molecule is CCc1c(NC)ncnc1NC(C)CC(F)(F)F. The molecular weight excluding hydrogens is 245 g/mol. The van der Waals surface area contributed by atoms with Crippen LogP contribution in [0.25, 0.3) is 0 Å². The molecule has 1 aromatic rings. The van der Waals surface area contributed by atoms with Crippen LogP contribution in [0.1, 0.15) is 25.8 Å². The number of anilines is 2. The molecule has 0 radical (unpaired) electrons. The van der Waals surface area contributed by atoms with Crippen LogP contribution in [-0.2, 0) is 6.42 Å². The van der Waals surface area contributed by atoms with E-state index < -0.39 is 18.6 Å². The molecule has 102 valence electrons. The maximum atomic E-state index is 12.3. The van der Waals surface area contributed by atoms with E-state index in [-0.39, 0.29) is 0 Å². The first-order valence-electron chi connectivity index (χ1n) is 5.72. The van der Waals surface area contributed by atoms with E-state index in [2.05, 4.69) is 20.6 Å². The molecule has 4 nitrogen and oxygen atoms in total. The van der Waals surface area contributed by atoms with Gasteiger partial charge in [0.05, 0.1) is 6.42 Å². The molecule has 2 N–H and O–H groups in total. The third-order valence-corrected chi connectivity index (χ3v) is 2.46. The Morgan fingerprint density at radius 1 is 1.28 bits per heavy atom. The van der Waals surface area contributed by atoms with Crippen molar-refractivity contribution < 1.29 is 13.2 Å². The minimum Gasteiger partial charge on any atom is -0.373 e. The maximum Gasteiger partial charge on any atom is 0.391 e. The Morgan fingerprint density at radius 3 is 2.39 bits per heavy atom. The van der Waals surface area contributed by atoms with Gasteiger partial charge < -0.3 is 10.6 Å². The third-order valence-electron chi connectivity index (χ3n) is 2.46. The van der Waals surface area contributed by atoms with Gasteiger partial charge in [-0.3, -0.25) is 0 Å². The number of hydrogen-bond acceptors (Lipinski definition) is 4. The van der Waals surface area contributed by atoms with E-state index in [0.29, 0.717) is 18.1 Å². The summed E-state index contributed by atoms with van der Waals surface area (Å²) in [5.74, 6) is 1.09. The topological polar surface area (TPSA) is 49.8 Å². The van der Waals surface area contributed by atoms with Gasteiger partial charge >= 0.3 is 6.18 Å². The van der Waals surface area contributed by atoms with Crippen LogP contribution in [0.3, 0.4) is 0 Å². The monoisotopic (exact) mass is 262 g/mol. The number of nitrogens with zero attached hydrogens (tertiary/aromatic N) is 2. The van der Waals surface area contributed by atoms with E-state index in [9.17, 15) is 13.2 Å². The number of nitrogens with one attached hydrogen (secondary N) is 2. The Hall–Kier alpha value is -1.53. The van der Waals surface area contributed by atoms with Crippen molar-refractivity contribution in [2.24, 2.45) is 0 Å². The van der Waals surface area contributed by atoms with E-state index >= 15 is 0 Å². The minimum absolute atomic E-state index is 0.452. The van der Waals surface area contributed by atoms with Gasteiger partial charge in [0.1, 0.15) is 18.0 Å². The zero-order chi connectivity index (χ0) is 13.8. The number of halogens is 3. The van der Waals surface area contributed by atoms with E-state index in [1.165, 1.54) is 13.3 Å². The summed E-state index contributed by atoms with van der Waals surface area (Å²) in [5.41, 5.74) is 0.786. The number of hydrogen-bond donors (Lipinski definition) is 2. The fourth-order valence-corrected chi connectivity index (χ4v) is 1.72. The van der Waals surface area contributed by atoms with E-state index in [1.54, 1.807) is 7.05 Å². The van der Waals surface area contributed by atoms with Crippen molar-refractivity contribution in [2.45, 2.75) is 38.9 Å². The molecular formula is C11H17F3N4. The molecule has 0 aliphatic carbocycles. The summed E-state index contributed by atoms with van der Waals surface area (Å²) in [6.07, 6.45) is -3.11. The average molecular weight is 262 g/mol. The van der Waals surface area contributed by atoms with E-state index in [4.69, 9.17) is 0 Å². The normalized spacial score (nSPS) is 13.2. The lowest BCUT2D eigenvalue weighted by molar-refractivity contribution is -0.136. The van der Waals surface area contributed by atoms with Crippen LogP contribution in [0.15, 0.2) is 6.33 Å². The lowest BCUT2D eigenvalue weighted by atomic mass is 10.2. The molecule has 0 saturated carbocycles. The zero-order valence-electron chi connectivity index (χ0n) is 10.6. The highest BCUT2D eigenvalue weighted by atomic mass is 19.4. The molecule has 0 saturated heterocycles. The summed E-state index contributed by atoms with van der Waals surface area (Å²) in [6.45, 7) is 3.38. The van der Waals surface area contributed by atoms with Gasteiger partial charge in [-0.1, -0.05) is 6.92 Å². The van der Waals surface area contributed by atoms with Gasteiger partial charge in [0, 0.05) is 18.7 Å². The van der Waals surface area contributed by atoms with Crippen molar-refractivity contribution in [3.05, 3.63) is 11.9 Å². The molecule has 0 spiro atoms. The second-order valence-corrected chi connectivity index (χ2v) is 4.02. The van der Waals surface area contributed by atoms with Gasteiger partial charge in [-0.15, -0.1) is 0 Å². The molecule has 0 amide bonds. The van der Waals surface area contributed by atoms with Crippen LogP contribution in [0.4, 0.5) is 24.8 Å². The molecule has 1 heterocycles.